The number of rotatable bonds is 4. The van der Waals surface area contributed by atoms with Crippen molar-refractivity contribution in [2.24, 2.45) is 0 Å². The Balaban J connectivity index is 1.33. The maximum Gasteiger partial charge on any atom is 0.269 e. The summed E-state index contributed by atoms with van der Waals surface area (Å²) in [5, 5.41) is 2.64. The molecule has 0 unspecified atom stereocenters. The summed E-state index contributed by atoms with van der Waals surface area (Å²) in [5.74, 6) is 0.685. The minimum absolute atomic E-state index is 0.0327. The standard InChI is InChI=1S/C24H29N7O2/c1-4-16-10-19-20(28-23(16)32)9-15(11-26-19)12-30-7-8-31-17(14-30)13-29(3)22-21(31)6-5-18(27-22)24(33)25-2/h5-6,9-11,17H,4,7-8,12-14H2,1-3H3,(H,25,33)(H,28,32)/t17-/m1/s1. The van der Waals surface area contributed by atoms with Crippen molar-refractivity contribution in [1.29, 1.82) is 0 Å². The van der Waals surface area contributed by atoms with Crippen LogP contribution in [0.25, 0.3) is 11.0 Å². The van der Waals surface area contributed by atoms with Crippen LogP contribution in [0, 0.1) is 0 Å². The Kier molecular flexibility index (Phi) is 5.49. The number of pyridine rings is 3. The number of aromatic amines is 1. The molecule has 0 aliphatic carbocycles. The summed E-state index contributed by atoms with van der Waals surface area (Å²) in [4.78, 5) is 43.4. The van der Waals surface area contributed by atoms with Crippen molar-refractivity contribution in [2.45, 2.75) is 25.9 Å². The number of aryl methyl sites for hydroxylation is 1. The van der Waals surface area contributed by atoms with E-state index in [-0.39, 0.29) is 11.5 Å². The summed E-state index contributed by atoms with van der Waals surface area (Å²) in [6, 6.07) is 8.08. The third-order valence-corrected chi connectivity index (χ3v) is 6.65. The summed E-state index contributed by atoms with van der Waals surface area (Å²) < 4.78 is 0. The Hall–Kier alpha value is -3.46. The number of aromatic nitrogens is 3. The Morgan fingerprint density at radius 1 is 1.24 bits per heavy atom. The lowest BCUT2D eigenvalue weighted by Gasteiger charge is -2.48. The Bertz CT molecular complexity index is 1270. The van der Waals surface area contributed by atoms with Crippen molar-refractivity contribution >= 4 is 28.4 Å². The van der Waals surface area contributed by atoms with E-state index in [0.717, 1.165) is 66.4 Å². The molecule has 2 aliphatic heterocycles. The van der Waals surface area contributed by atoms with E-state index in [2.05, 4.69) is 35.0 Å². The Morgan fingerprint density at radius 2 is 2.09 bits per heavy atom. The van der Waals surface area contributed by atoms with Gasteiger partial charge in [0.15, 0.2) is 5.82 Å². The molecule has 0 aromatic carbocycles. The van der Waals surface area contributed by atoms with Gasteiger partial charge in [-0.1, -0.05) is 6.92 Å². The van der Waals surface area contributed by atoms with Crippen LogP contribution in [0.1, 0.15) is 28.5 Å². The molecule has 9 nitrogen and oxygen atoms in total. The predicted molar refractivity (Wildman–Crippen MR) is 129 cm³/mol. The normalized spacial score (nSPS) is 18.2. The lowest BCUT2D eigenvalue weighted by Crippen LogP contribution is -2.59. The molecule has 0 spiro atoms. The number of amides is 1. The van der Waals surface area contributed by atoms with Gasteiger partial charge in [-0.05, 0) is 36.2 Å². The van der Waals surface area contributed by atoms with Gasteiger partial charge in [0.05, 0.1) is 22.8 Å². The van der Waals surface area contributed by atoms with Crippen LogP contribution in [0.2, 0.25) is 0 Å². The van der Waals surface area contributed by atoms with E-state index in [1.807, 2.05) is 38.4 Å². The molecule has 1 fully saturated rings. The van der Waals surface area contributed by atoms with Crippen molar-refractivity contribution in [3.8, 4) is 0 Å². The van der Waals surface area contributed by atoms with Crippen LogP contribution in [0.4, 0.5) is 11.5 Å². The van der Waals surface area contributed by atoms with Gasteiger partial charge in [0, 0.05) is 58.6 Å². The zero-order chi connectivity index (χ0) is 23.1. The van der Waals surface area contributed by atoms with E-state index >= 15 is 0 Å². The van der Waals surface area contributed by atoms with Gasteiger partial charge in [-0.2, -0.15) is 0 Å². The number of hydrogen-bond donors (Lipinski definition) is 2. The zero-order valence-electron chi connectivity index (χ0n) is 19.3. The van der Waals surface area contributed by atoms with Crippen LogP contribution in [0.15, 0.2) is 35.3 Å². The van der Waals surface area contributed by atoms with Gasteiger partial charge in [-0.15, -0.1) is 0 Å². The average Bonchev–Trinajstić information content (AvgIpc) is 2.82. The largest absolute Gasteiger partial charge is 0.361 e. The van der Waals surface area contributed by atoms with Crippen LogP contribution < -0.4 is 20.7 Å². The van der Waals surface area contributed by atoms with Crippen LogP contribution in [0.3, 0.4) is 0 Å². The molecule has 33 heavy (non-hydrogen) atoms. The molecular formula is C24H29N7O2. The first kappa shape index (κ1) is 21.4. The van der Waals surface area contributed by atoms with E-state index in [0.29, 0.717) is 18.2 Å². The van der Waals surface area contributed by atoms with Gasteiger partial charge in [0.1, 0.15) is 5.69 Å². The molecule has 3 aromatic heterocycles. The first-order chi connectivity index (χ1) is 16.0. The second kappa shape index (κ2) is 8.47. The van der Waals surface area contributed by atoms with E-state index in [9.17, 15) is 9.59 Å². The maximum absolute atomic E-state index is 12.2. The van der Waals surface area contributed by atoms with Gasteiger partial charge < -0.3 is 20.1 Å². The van der Waals surface area contributed by atoms with Crippen molar-refractivity contribution in [3.05, 3.63) is 57.6 Å². The first-order valence-corrected chi connectivity index (χ1v) is 11.4. The first-order valence-electron chi connectivity index (χ1n) is 11.4. The minimum Gasteiger partial charge on any atom is -0.361 e. The second-order valence-corrected chi connectivity index (χ2v) is 8.83. The maximum atomic E-state index is 12.2. The number of likely N-dealkylation sites (N-methyl/N-ethyl adjacent to an activating group) is 1. The number of hydrogen-bond acceptors (Lipinski definition) is 7. The van der Waals surface area contributed by atoms with Crippen LogP contribution in [0.5, 0.6) is 0 Å². The molecule has 1 amide bonds. The van der Waals surface area contributed by atoms with Gasteiger partial charge in [0.25, 0.3) is 11.5 Å². The molecule has 3 aromatic rings. The van der Waals surface area contributed by atoms with Gasteiger partial charge >= 0.3 is 0 Å². The molecule has 1 atom stereocenters. The fourth-order valence-electron chi connectivity index (χ4n) is 4.91. The molecule has 0 bridgehead atoms. The van der Waals surface area contributed by atoms with Crippen molar-refractivity contribution in [2.75, 3.05) is 50.1 Å². The van der Waals surface area contributed by atoms with E-state index in [4.69, 9.17) is 0 Å². The number of H-pyrrole nitrogens is 1. The molecule has 172 valence electrons. The monoisotopic (exact) mass is 447 g/mol. The van der Waals surface area contributed by atoms with Crippen LogP contribution >= 0.6 is 0 Å². The third kappa shape index (κ3) is 3.93. The molecular weight excluding hydrogens is 418 g/mol. The molecule has 0 saturated carbocycles. The van der Waals surface area contributed by atoms with E-state index in [1.165, 1.54) is 0 Å². The molecule has 9 heteroatoms. The van der Waals surface area contributed by atoms with Crippen LogP contribution in [-0.4, -0.2) is 72.1 Å². The van der Waals surface area contributed by atoms with Gasteiger partial charge in [-0.3, -0.25) is 19.5 Å². The number of piperazine rings is 1. The highest BCUT2D eigenvalue weighted by molar-refractivity contribution is 5.93. The number of carbonyl (C=O) groups is 1. The molecule has 2 N–H and O–H groups in total. The summed E-state index contributed by atoms with van der Waals surface area (Å²) in [7, 11) is 3.65. The highest BCUT2D eigenvalue weighted by Gasteiger charge is 2.35. The van der Waals surface area contributed by atoms with Gasteiger partial charge in [0.2, 0.25) is 0 Å². The average molecular weight is 448 g/mol. The molecule has 5 heterocycles. The number of nitrogens with zero attached hydrogens (tertiary/aromatic N) is 5. The second-order valence-electron chi connectivity index (χ2n) is 8.83. The predicted octanol–water partition coefficient (Wildman–Crippen LogP) is 1.38. The Labute approximate surface area is 192 Å². The minimum atomic E-state index is -0.172. The molecule has 5 rings (SSSR count). The summed E-state index contributed by atoms with van der Waals surface area (Å²) >= 11 is 0. The van der Waals surface area contributed by atoms with E-state index < -0.39 is 0 Å². The molecule has 2 aliphatic rings. The Morgan fingerprint density at radius 3 is 2.88 bits per heavy atom. The topological polar surface area (TPSA) is 97.5 Å². The van der Waals surface area contributed by atoms with Crippen molar-refractivity contribution < 1.29 is 4.79 Å². The third-order valence-electron chi connectivity index (χ3n) is 6.65. The fraction of sp³-hybridized carbons (Fsp3) is 0.417. The van der Waals surface area contributed by atoms with Gasteiger partial charge in [-0.25, -0.2) is 4.98 Å². The van der Waals surface area contributed by atoms with Crippen LogP contribution in [-0.2, 0) is 13.0 Å². The van der Waals surface area contributed by atoms with Crippen molar-refractivity contribution in [3.63, 3.8) is 0 Å². The number of anilines is 2. The highest BCUT2D eigenvalue weighted by Crippen LogP contribution is 2.35. The van der Waals surface area contributed by atoms with E-state index in [1.54, 1.807) is 13.1 Å². The smallest absolute Gasteiger partial charge is 0.269 e. The fourth-order valence-corrected chi connectivity index (χ4v) is 4.91. The summed E-state index contributed by atoms with van der Waals surface area (Å²) in [6.45, 7) is 6.34. The lowest BCUT2D eigenvalue weighted by molar-refractivity contribution is 0.0958. The summed E-state index contributed by atoms with van der Waals surface area (Å²) in [5.41, 5.74) is 4.96. The zero-order valence-corrected chi connectivity index (χ0v) is 19.3. The SMILES string of the molecule is CCc1cc2ncc(CN3CCN4c5ccc(C(=O)NC)nc5N(C)C[C@@H]4C3)cc2[nH]c1=O. The van der Waals surface area contributed by atoms with Crippen molar-refractivity contribution in [1.82, 2.24) is 25.2 Å². The highest BCUT2D eigenvalue weighted by atomic mass is 16.1. The molecule has 1 saturated heterocycles. The number of carbonyl (C=O) groups excluding carboxylic acids is 1. The number of nitrogens with one attached hydrogen (secondary N) is 2. The summed E-state index contributed by atoms with van der Waals surface area (Å²) in [6.07, 6.45) is 2.61. The number of fused-ring (bicyclic) bond motifs is 4. The quantitative estimate of drug-likeness (QED) is 0.624. The lowest BCUT2D eigenvalue weighted by atomic mass is 10.1. The molecule has 0 radical (unpaired) electrons.